The summed E-state index contributed by atoms with van der Waals surface area (Å²) in [6, 6.07) is 0. The zero-order chi connectivity index (χ0) is 3.58. The summed E-state index contributed by atoms with van der Waals surface area (Å²) in [7, 11) is 8.44. The van der Waals surface area contributed by atoms with E-state index in [9.17, 15) is 4.32 Å². The average molecular weight is 51.4 g/mol. The molecule has 0 atom stereocenters. The molecule has 4 radical (unpaired) electrons. The van der Waals surface area contributed by atoms with E-state index in [1.807, 2.05) is 0 Å². The minimum Gasteiger partial charge on any atom is -0.361 e. The van der Waals surface area contributed by atoms with Crippen molar-refractivity contribution in [3.63, 3.8) is 0 Å². The molecule has 16 valence electrons. The lowest BCUT2D eigenvalue weighted by atomic mass is 9.35. The molecule has 0 amide bonds. The molecule has 0 saturated heterocycles. The molecular weight excluding hydrogens is 51.4 g/mol. The average Bonchev–Trinajstić information content (AvgIpc) is 0.811. The largest absolute Gasteiger partial charge is 0.361 e. The summed E-state index contributed by atoms with van der Waals surface area (Å²) in [5.74, 6) is 0. The van der Waals surface area contributed by atoms with Crippen LogP contribution in [-0.4, -0.2) is 22.2 Å². The second-order valence-corrected chi connectivity index (χ2v) is 0.444. The molecule has 4 heteroatoms. The Morgan fingerprint density at radius 2 is 1.50 bits per heavy atom. The molecule has 0 aliphatic rings. The maximum Gasteiger partial charge on any atom is 0.240 e. The van der Waals surface area contributed by atoms with E-state index in [1.165, 1.54) is 0 Å². The van der Waals surface area contributed by atoms with E-state index in [-0.39, 0.29) is 0 Å². The van der Waals surface area contributed by atoms with Crippen molar-refractivity contribution in [3.8, 4) is 0 Å². The van der Waals surface area contributed by atoms with Gasteiger partial charge < -0.3 is 4.32 Å². The lowest BCUT2D eigenvalue weighted by molar-refractivity contribution is 0.884. The van der Waals surface area contributed by atoms with Gasteiger partial charge in [0, 0.05) is 0 Å². The SMILES string of the molecule is [B]B([B])F. The predicted molar refractivity (Wildman–Crippen MR) is 18.4 cm³/mol. The minimum atomic E-state index is -1.67. The molecule has 0 fully saturated rings. The van der Waals surface area contributed by atoms with Crippen molar-refractivity contribution in [2.24, 2.45) is 0 Å². The molecule has 0 heterocycles. The Morgan fingerprint density at radius 3 is 1.50 bits per heavy atom. The molecule has 0 aromatic heterocycles. The molecule has 0 aliphatic carbocycles. The molecule has 0 bridgehead atoms. The van der Waals surface area contributed by atoms with Crippen LogP contribution in [0.3, 0.4) is 0 Å². The molecule has 0 aromatic rings. The lowest BCUT2D eigenvalue weighted by Gasteiger charge is -1.67. The molecule has 0 aliphatic heterocycles. The van der Waals surface area contributed by atoms with Crippen LogP contribution < -0.4 is 0 Å². The summed E-state index contributed by atoms with van der Waals surface area (Å²) in [5, 5.41) is 0. The van der Waals surface area contributed by atoms with Gasteiger partial charge in [0.25, 0.3) is 0 Å². The Bertz CT molecular complexity index is 8.00. The molecule has 0 saturated carbocycles. The van der Waals surface area contributed by atoms with Gasteiger partial charge in [-0.3, -0.25) is 0 Å². The molecule has 0 spiro atoms. The van der Waals surface area contributed by atoms with Crippen LogP contribution in [0.4, 0.5) is 4.32 Å². The minimum absolute atomic E-state index is 1.67. The van der Waals surface area contributed by atoms with Gasteiger partial charge in [-0.15, -0.1) is 0 Å². The van der Waals surface area contributed by atoms with Gasteiger partial charge in [0.2, 0.25) is 6.77 Å². The highest BCUT2D eigenvalue weighted by atomic mass is 19.1. The van der Waals surface area contributed by atoms with Gasteiger partial charge in [-0.25, -0.2) is 0 Å². The van der Waals surface area contributed by atoms with Crippen molar-refractivity contribution in [1.82, 2.24) is 0 Å². The van der Waals surface area contributed by atoms with Crippen molar-refractivity contribution in [2.45, 2.75) is 0 Å². The van der Waals surface area contributed by atoms with E-state index in [0.717, 1.165) is 0 Å². The fourth-order valence-electron chi connectivity index (χ4n) is 0. The third-order valence-electron chi connectivity index (χ3n) is 0. The number of halogens is 1. The van der Waals surface area contributed by atoms with Crippen molar-refractivity contribution in [3.05, 3.63) is 0 Å². The Balaban J connectivity index is 2.32. The van der Waals surface area contributed by atoms with Crippen LogP contribution in [0.5, 0.6) is 0 Å². The highest BCUT2D eigenvalue weighted by Gasteiger charge is 1.83. The second kappa shape index (κ2) is 1.44. The third kappa shape index (κ3) is 173. The van der Waals surface area contributed by atoms with E-state index in [0.29, 0.717) is 0 Å². The summed E-state index contributed by atoms with van der Waals surface area (Å²) in [6.45, 7) is -1.67. The Hall–Kier alpha value is 0.125. The van der Waals surface area contributed by atoms with Crippen LogP contribution in [0.2, 0.25) is 0 Å². The molecule has 0 unspecified atom stereocenters. The molecule has 0 N–H and O–H groups in total. The zero-order valence-corrected chi connectivity index (χ0v) is 2.11. The van der Waals surface area contributed by atoms with E-state index >= 15 is 0 Å². The number of hydrogen-bond acceptors (Lipinski definition) is 0. The van der Waals surface area contributed by atoms with Crippen molar-refractivity contribution in [1.29, 1.82) is 0 Å². The van der Waals surface area contributed by atoms with Gasteiger partial charge in [-0.05, 0) is 0 Å². The van der Waals surface area contributed by atoms with Gasteiger partial charge >= 0.3 is 0 Å². The van der Waals surface area contributed by atoms with Crippen LogP contribution in [-0.2, 0) is 0 Å². The van der Waals surface area contributed by atoms with Gasteiger partial charge in [-0.2, -0.15) is 0 Å². The maximum atomic E-state index is 10.6. The highest BCUT2D eigenvalue weighted by molar-refractivity contribution is 7.25. The molecular formula is B3F. The monoisotopic (exact) mass is 52.0 g/mol. The van der Waals surface area contributed by atoms with Crippen LogP contribution in [0.15, 0.2) is 0 Å². The second-order valence-electron chi connectivity index (χ2n) is 0.444. The highest BCUT2D eigenvalue weighted by Crippen LogP contribution is 1.55. The zero-order valence-electron chi connectivity index (χ0n) is 2.11. The first-order valence-electron chi connectivity index (χ1n) is 0.885. The Labute approximate surface area is 27.7 Å². The fraction of sp³-hybridized carbons (Fsp3) is 0. The molecule has 4 heavy (non-hydrogen) atoms. The number of rotatable bonds is 0. The Morgan fingerprint density at radius 1 is 1.50 bits per heavy atom. The normalized spacial score (nSPS) is 6.25. The Kier molecular flexibility index (Phi) is 1.49. The maximum absolute atomic E-state index is 10.6. The quantitative estimate of drug-likeness (QED) is 0.319. The van der Waals surface area contributed by atoms with E-state index in [4.69, 9.17) is 0 Å². The standard InChI is InChI=1S/B3F/c1-3(2)4. The van der Waals surface area contributed by atoms with Crippen LogP contribution in [0, 0.1) is 0 Å². The van der Waals surface area contributed by atoms with Gasteiger partial charge in [0.1, 0.15) is 0 Å². The predicted octanol–water partition coefficient (Wildman–Crippen LogP) is -0.722. The summed E-state index contributed by atoms with van der Waals surface area (Å²) in [4.78, 5) is 0. The fourth-order valence-corrected chi connectivity index (χ4v) is 0. The van der Waals surface area contributed by atoms with E-state index in [1.54, 1.807) is 0 Å². The van der Waals surface area contributed by atoms with Gasteiger partial charge in [-0.1, -0.05) is 0 Å². The molecule has 0 rings (SSSR count). The van der Waals surface area contributed by atoms with Crippen LogP contribution in [0.25, 0.3) is 0 Å². The van der Waals surface area contributed by atoms with Gasteiger partial charge in [0.15, 0.2) is 0 Å². The number of hydrogen-bond donors (Lipinski definition) is 0. The van der Waals surface area contributed by atoms with Crippen molar-refractivity contribution in [2.75, 3.05) is 0 Å². The summed E-state index contributed by atoms with van der Waals surface area (Å²) < 4.78 is 10.6. The summed E-state index contributed by atoms with van der Waals surface area (Å²) in [6.07, 6.45) is 0. The first kappa shape index (κ1) is 4.12. The van der Waals surface area contributed by atoms with Crippen molar-refractivity contribution >= 4 is 22.2 Å². The molecule has 0 aromatic carbocycles. The van der Waals surface area contributed by atoms with E-state index in [2.05, 4.69) is 15.5 Å². The summed E-state index contributed by atoms with van der Waals surface area (Å²) >= 11 is 0. The first-order chi connectivity index (χ1) is 1.73. The van der Waals surface area contributed by atoms with Gasteiger partial charge in [0.05, 0.1) is 15.5 Å². The van der Waals surface area contributed by atoms with E-state index < -0.39 is 6.77 Å². The summed E-state index contributed by atoms with van der Waals surface area (Å²) in [5.41, 5.74) is 0. The molecule has 0 nitrogen and oxygen atoms in total. The lowest BCUT2D eigenvalue weighted by Crippen LogP contribution is -2.01. The van der Waals surface area contributed by atoms with Crippen LogP contribution in [0.1, 0.15) is 0 Å². The van der Waals surface area contributed by atoms with Crippen molar-refractivity contribution < 1.29 is 4.32 Å². The topological polar surface area (TPSA) is 0 Å². The van der Waals surface area contributed by atoms with Crippen LogP contribution >= 0.6 is 0 Å². The third-order valence-corrected chi connectivity index (χ3v) is 0. The smallest absolute Gasteiger partial charge is 0.240 e. The first-order valence-corrected chi connectivity index (χ1v) is 0.885.